The van der Waals surface area contributed by atoms with Gasteiger partial charge in [0, 0.05) is 5.70 Å². The summed E-state index contributed by atoms with van der Waals surface area (Å²) in [5, 5.41) is 14.3. The van der Waals surface area contributed by atoms with Crippen molar-refractivity contribution < 1.29 is 9.59 Å². The van der Waals surface area contributed by atoms with Crippen LogP contribution in [0.15, 0.2) is 52.2 Å². The van der Waals surface area contributed by atoms with Crippen molar-refractivity contribution in [2.24, 2.45) is 4.99 Å². The third-order valence-electron chi connectivity index (χ3n) is 3.57. The van der Waals surface area contributed by atoms with E-state index >= 15 is 0 Å². The van der Waals surface area contributed by atoms with Gasteiger partial charge in [-0.15, -0.1) is 11.3 Å². The lowest BCUT2D eigenvalue weighted by Gasteiger charge is -2.17. The molecule has 27 heavy (non-hydrogen) atoms. The quantitative estimate of drug-likeness (QED) is 0.456. The highest BCUT2D eigenvalue weighted by Gasteiger charge is 2.21. The van der Waals surface area contributed by atoms with Gasteiger partial charge >= 0.3 is 0 Å². The van der Waals surface area contributed by atoms with Gasteiger partial charge in [-0.3, -0.25) is 14.6 Å². The molecule has 0 bridgehead atoms. The zero-order chi connectivity index (χ0) is 20.0. The van der Waals surface area contributed by atoms with Crippen LogP contribution in [0.25, 0.3) is 10.2 Å². The van der Waals surface area contributed by atoms with Gasteiger partial charge in [0.2, 0.25) is 0 Å². The normalized spacial score (nSPS) is 12.4. The standard InChI is InChI=1S/C19H19N5O2S/c1-5-12(9-15(21-4)18(26)24-19(2,3)10-20)23-17(25)13-7-6-8-14-16(13)27-11-22-14/h5-9,11H,4H2,1-3H3,(H,23,25)(H,24,26)/b12-5+,15-9-. The second kappa shape index (κ2) is 8.38. The molecule has 0 saturated heterocycles. The van der Waals surface area contributed by atoms with E-state index in [-0.39, 0.29) is 11.6 Å². The molecule has 0 saturated carbocycles. The highest BCUT2D eigenvalue weighted by atomic mass is 32.1. The number of allylic oxidation sites excluding steroid dienone is 2. The fraction of sp³-hybridized carbons (Fsp3) is 0.211. The molecule has 0 aliphatic rings. The number of carbonyl (C=O) groups excluding carboxylic acids is 2. The summed E-state index contributed by atoms with van der Waals surface area (Å²) in [6, 6.07) is 7.28. The van der Waals surface area contributed by atoms with E-state index < -0.39 is 11.4 Å². The summed E-state index contributed by atoms with van der Waals surface area (Å²) in [5.41, 5.74) is 2.24. The molecule has 7 nitrogen and oxygen atoms in total. The summed E-state index contributed by atoms with van der Waals surface area (Å²) in [5.74, 6) is -0.884. The van der Waals surface area contributed by atoms with Gasteiger partial charge in [-0.05, 0) is 45.7 Å². The van der Waals surface area contributed by atoms with Crippen LogP contribution in [-0.2, 0) is 4.79 Å². The molecule has 0 aliphatic carbocycles. The highest BCUT2D eigenvalue weighted by Crippen LogP contribution is 2.22. The second-order valence-electron chi connectivity index (χ2n) is 6.08. The van der Waals surface area contributed by atoms with Crippen LogP contribution in [0.2, 0.25) is 0 Å². The van der Waals surface area contributed by atoms with Gasteiger partial charge in [-0.2, -0.15) is 5.26 Å². The SMILES string of the molecule is C=N/C(=C\C(=C/C)NC(=O)c1cccc2ncsc12)C(=O)NC(C)(C)C#N. The Morgan fingerprint density at radius 1 is 1.41 bits per heavy atom. The first-order valence-electron chi connectivity index (χ1n) is 8.03. The monoisotopic (exact) mass is 381 g/mol. The van der Waals surface area contributed by atoms with Gasteiger partial charge in [-0.1, -0.05) is 12.1 Å². The molecular formula is C19H19N5O2S. The number of nitrogens with one attached hydrogen (secondary N) is 2. The van der Waals surface area contributed by atoms with Crippen LogP contribution >= 0.6 is 11.3 Å². The number of nitrogens with zero attached hydrogens (tertiary/aromatic N) is 3. The van der Waals surface area contributed by atoms with Crippen LogP contribution in [0.4, 0.5) is 0 Å². The Balaban J connectivity index is 2.23. The molecule has 2 amide bonds. The number of carbonyl (C=O) groups is 2. The Bertz CT molecular complexity index is 995. The van der Waals surface area contributed by atoms with Gasteiger partial charge in [-0.25, -0.2) is 4.98 Å². The van der Waals surface area contributed by atoms with Crippen molar-refractivity contribution in [3.63, 3.8) is 0 Å². The van der Waals surface area contributed by atoms with Crippen LogP contribution in [0.3, 0.4) is 0 Å². The van der Waals surface area contributed by atoms with Crippen molar-refractivity contribution >= 4 is 40.1 Å². The number of amides is 2. The van der Waals surface area contributed by atoms with Crippen LogP contribution < -0.4 is 10.6 Å². The summed E-state index contributed by atoms with van der Waals surface area (Å²) in [6.07, 6.45) is 3.04. The smallest absolute Gasteiger partial charge is 0.271 e. The molecule has 8 heteroatoms. The van der Waals surface area contributed by atoms with Gasteiger partial charge in [0.25, 0.3) is 11.8 Å². The van der Waals surface area contributed by atoms with Crippen molar-refractivity contribution in [1.82, 2.24) is 15.6 Å². The van der Waals surface area contributed by atoms with Crippen LogP contribution in [0, 0.1) is 11.3 Å². The van der Waals surface area contributed by atoms with Crippen molar-refractivity contribution in [2.75, 3.05) is 0 Å². The molecule has 2 N–H and O–H groups in total. The Hall–Kier alpha value is -3.31. The molecule has 0 aliphatic heterocycles. The Labute approximate surface area is 161 Å². The number of nitriles is 1. The maximum atomic E-state index is 12.6. The molecule has 0 unspecified atom stereocenters. The number of benzene rings is 1. The zero-order valence-electron chi connectivity index (χ0n) is 15.2. The third-order valence-corrected chi connectivity index (χ3v) is 4.45. The van der Waals surface area contributed by atoms with E-state index in [0.717, 1.165) is 10.2 Å². The topological polar surface area (TPSA) is 107 Å². The first-order valence-corrected chi connectivity index (χ1v) is 8.91. The van der Waals surface area contributed by atoms with Crippen LogP contribution in [-0.4, -0.2) is 29.1 Å². The summed E-state index contributed by atoms with van der Waals surface area (Å²) >= 11 is 1.38. The lowest BCUT2D eigenvalue weighted by atomic mass is 10.1. The number of rotatable bonds is 6. The zero-order valence-corrected chi connectivity index (χ0v) is 16.1. The van der Waals surface area contributed by atoms with Crippen LogP contribution in [0.5, 0.6) is 0 Å². The lowest BCUT2D eigenvalue weighted by molar-refractivity contribution is -0.118. The number of hydrogen-bond donors (Lipinski definition) is 2. The van der Waals surface area contributed by atoms with Gasteiger partial charge < -0.3 is 10.6 Å². The first-order chi connectivity index (χ1) is 12.8. The van der Waals surface area contributed by atoms with E-state index in [1.807, 2.05) is 12.1 Å². The minimum atomic E-state index is -1.05. The molecule has 1 aromatic carbocycles. The maximum Gasteiger partial charge on any atom is 0.271 e. The summed E-state index contributed by atoms with van der Waals surface area (Å²) in [6.45, 7) is 8.25. The Morgan fingerprint density at radius 2 is 2.15 bits per heavy atom. The second-order valence-corrected chi connectivity index (χ2v) is 6.94. The molecule has 138 valence electrons. The number of fused-ring (bicyclic) bond motifs is 1. The molecule has 1 aromatic heterocycles. The fourth-order valence-corrected chi connectivity index (χ4v) is 2.96. The number of thiazole rings is 1. The van der Waals surface area contributed by atoms with Crippen LogP contribution in [0.1, 0.15) is 31.1 Å². The first kappa shape index (κ1) is 20.0. The molecule has 0 atom stereocenters. The molecule has 2 rings (SSSR count). The average molecular weight is 381 g/mol. The van der Waals surface area contributed by atoms with E-state index in [4.69, 9.17) is 5.26 Å². The molecule has 2 aromatic rings. The van der Waals surface area contributed by atoms with Gasteiger partial charge in [0.15, 0.2) is 0 Å². The largest absolute Gasteiger partial charge is 0.333 e. The van der Waals surface area contributed by atoms with Gasteiger partial charge in [0.05, 0.1) is 27.4 Å². The Morgan fingerprint density at radius 3 is 2.78 bits per heavy atom. The van der Waals surface area contributed by atoms with E-state index in [0.29, 0.717) is 11.3 Å². The number of aliphatic imine (C=N–C) groups is 1. The van der Waals surface area contributed by atoms with Crippen molar-refractivity contribution in [3.05, 3.63) is 52.8 Å². The van der Waals surface area contributed by atoms with E-state index in [1.165, 1.54) is 17.4 Å². The highest BCUT2D eigenvalue weighted by molar-refractivity contribution is 7.17. The van der Waals surface area contributed by atoms with E-state index in [2.05, 4.69) is 27.3 Å². The molecule has 0 spiro atoms. The molecule has 1 heterocycles. The van der Waals surface area contributed by atoms with Gasteiger partial charge in [0.1, 0.15) is 11.2 Å². The van der Waals surface area contributed by atoms with E-state index in [1.54, 1.807) is 44.5 Å². The summed E-state index contributed by atoms with van der Waals surface area (Å²) < 4.78 is 0.782. The molecule has 0 fully saturated rings. The number of aromatic nitrogens is 1. The fourth-order valence-electron chi connectivity index (χ4n) is 2.16. The summed E-state index contributed by atoms with van der Waals surface area (Å²) in [4.78, 5) is 32.8. The van der Waals surface area contributed by atoms with Crippen molar-refractivity contribution in [3.8, 4) is 6.07 Å². The molecule has 0 radical (unpaired) electrons. The summed E-state index contributed by atoms with van der Waals surface area (Å²) in [7, 11) is 0. The minimum Gasteiger partial charge on any atom is -0.333 e. The van der Waals surface area contributed by atoms with Crippen molar-refractivity contribution in [1.29, 1.82) is 5.26 Å². The minimum absolute atomic E-state index is 0.0114. The lowest BCUT2D eigenvalue weighted by Crippen LogP contribution is -2.42. The Kier molecular flexibility index (Phi) is 6.21. The predicted octanol–water partition coefficient (Wildman–Crippen LogP) is 2.93. The number of hydrogen-bond acceptors (Lipinski definition) is 6. The van der Waals surface area contributed by atoms with E-state index in [9.17, 15) is 9.59 Å². The molecular weight excluding hydrogens is 362 g/mol. The average Bonchev–Trinajstić information content (AvgIpc) is 3.13. The third kappa shape index (κ3) is 4.86. The van der Waals surface area contributed by atoms with Crippen molar-refractivity contribution in [2.45, 2.75) is 26.3 Å². The predicted molar refractivity (Wildman–Crippen MR) is 106 cm³/mol. The maximum absolute atomic E-state index is 12.6.